The van der Waals surface area contributed by atoms with E-state index in [1.54, 1.807) is 6.08 Å². The van der Waals surface area contributed by atoms with Crippen LogP contribution in [0.2, 0.25) is 0 Å². The first-order valence-corrected chi connectivity index (χ1v) is 6.13. The Bertz CT molecular complexity index is 354. The molecule has 0 radical (unpaired) electrons. The Morgan fingerprint density at radius 2 is 2.00 bits per heavy atom. The summed E-state index contributed by atoms with van der Waals surface area (Å²) in [4.78, 5) is 10.9. The van der Waals surface area contributed by atoms with Crippen LogP contribution in [0.5, 0.6) is 0 Å². The summed E-state index contributed by atoms with van der Waals surface area (Å²) in [6, 6.07) is 10.3. The molecule has 1 aromatic rings. The van der Waals surface area contributed by atoms with Crippen LogP contribution in [0, 0.1) is 5.92 Å². The number of rotatable bonds is 7. The summed E-state index contributed by atoms with van der Waals surface area (Å²) < 4.78 is 0. The maximum Gasteiger partial charge on any atom is 0.310 e. The number of carboxylic acids is 1. The van der Waals surface area contributed by atoms with Crippen molar-refractivity contribution in [3.05, 3.63) is 48.0 Å². The van der Waals surface area contributed by atoms with Gasteiger partial charge < -0.3 is 5.11 Å². The van der Waals surface area contributed by atoms with Crippen LogP contribution in [-0.4, -0.2) is 11.1 Å². The second-order valence-electron chi connectivity index (χ2n) is 4.20. The predicted molar refractivity (Wildman–Crippen MR) is 69.9 cm³/mol. The Morgan fingerprint density at radius 1 is 1.29 bits per heavy atom. The molecule has 0 aliphatic rings. The van der Waals surface area contributed by atoms with Crippen LogP contribution in [0.3, 0.4) is 0 Å². The topological polar surface area (TPSA) is 37.3 Å². The summed E-state index contributed by atoms with van der Waals surface area (Å²) in [7, 11) is 0. The summed E-state index contributed by atoms with van der Waals surface area (Å²) in [6.45, 7) is 1.86. The van der Waals surface area contributed by atoms with Gasteiger partial charge in [-0.15, -0.1) is 0 Å². The molecular formula is C15H20O2. The van der Waals surface area contributed by atoms with E-state index in [9.17, 15) is 4.79 Å². The van der Waals surface area contributed by atoms with E-state index in [4.69, 9.17) is 5.11 Å². The van der Waals surface area contributed by atoms with Gasteiger partial charge in [0.2, 0.25) is 0 Å². The third-order valence-electron chi connectivity index (χ3n) is 2.82. The Hall–Kier alpha value is -1.57. The van der Waals surface area contributed by atoms with Gasteiger partial charge in [0.1, 0.15) is 0 Å². The summed E-state index contributed by atoms with van der Waals surface area (Å²) in [5, 5.41) is 8.97. The highest BCUT2D eigenvalue weighted by Gasteiger charge is 2.12. The van der Waals surface area contributed by atoms with Gasteiger partial charge in [0.15, 0.2) is 0 Å². The fraction of sp³-hybridized carbons (Fsp3) is 0.400. The molecule has 0 bridgehead atoms. The Balaban J connectivity index is 2.25. The van der Waals surface area contributed by atoms with Crippen molar-refractivity contribution < 1.29 is 9.90 Å². The molecule has 1 atom stereocenters. The average Bonchev–Trinajstić information content (AvgIpc) is 2.34. The van der Waals surface area contributed by atoms with E-state index >= 15 is 0 Å². The first-order chi connectivity index (χ1) is 8.24. The maximum absolute atomic E-state index is 10.9. The number of carboxylic acid groups (broad SMARTS) is 1. The van der Waals surface area contributed by atoms with E-state index in [1.165, 1.54) is 5.56 Å². The van der Waals surface area contributed by atoms with Crippen molar-refractivity contribution >= 4 is 5.97 Å². The minimum Gasteiger partial charge on any atom is -0.481 e. The molecule has 0 amide bonds. The average molecular weight is 232 g/mol. The fourth-order valence-electron chi connectivity index (χ4n) is 1.87. The van der Waals surface area contributed by atoms with Crippen LogP contribution in [0.15, 0.2) is 42.5 Å². The number of allylic oxidation sites excluding steroid dienone is 1. The van der Waals surface area contributed by atoms with Crippen molar-refractivity contribution in [2.45, 2.75) is 32.6 Å². The third kappa shape index (κ3) is 5.34. The van der Waals surface area contributed by atoms with Crippen LogP contribution < -0.4 is 0 Å². The normalized spacial score (nSPS) is 12.8. The van der Waals surface area contributed by atoms with Crippen molar-refractivity contribution in [1.82, 2.24) is 0 Å². The summed E-state index contributed by atoms with van der Waals surface area (Å²) in [5.41, 5.74) is 1.32. The van der Waals surface area contributed by atoms with Crippen molar-refractivity contribution in [2.24, 2.45) is 5.92 Å². The van der Waals surface area contributed by atoms with E-state index in [1.807, 2.05) is 31.2 Å². The van der Waals surface area contributed by atoms with E-state index in [0.29, 0.717) is 0 Å². The van der Waals surface area contributed by atoms with E-state index in [2.05, 4.69) is 12.1 Å². The summed E-state index contributed by atoms with van der Waals surface area (Å²) in [6.07, 6.45) is 7.35. The van der Waals surface area contributed by atoms with Crippen LogP contribution in [0.1, 0.15) is 31.7 Å². The largest absolute Gasteiger partial charge is 0.481 e. The lowest BCUT2D eigenvalue weighted by molar-refractivity contribution is -0.140. The third-order valence-corrected chi connectivity index (χ3v) is 2.82. The number of hydrogen-bond donors (Lipinski definition) is 1. The van der Waals surface area contributed by atoms with Crippen molar-refractivity contribution in [2.75, 3.05) is 0 Å². The summed E-state index contributed by atoms with van der Waals surface area (Å²) >= 11 is 0. The second-order valence-corrected chi connectivity index (χ2v) is 4.20. The molecule has 17 heavy (non-hydrogen) atoms. The number of unbranched alkanes of at least 4 members (excludes halogenated alkanes) is 1. The molecule has 0 heterocycles. The van der Waals surface area contributed by atoms with Gasteiger partial charge in [0.25, 0.3) is 0 Å². The molecule has 92 valence electrons. The molecule has 0 aliphatic carbocycles. The van der Waals surface area contributed by atoms with Crippen LogP contribution in [0.25, 0.3) is 0 Å². The van der Waals surface area contributed by atoms with Gasteiger partial charge in [-0.05, 0) is 31.7 Å². The SMILES string of the molecule is C/C=C/C(CCCCc1ccccc1)C(=O)O. The molecule has 0 aliphatic heterocycles. The molecule has 1 N–H and O–H groups in total. The summed E-state index contributed by atoms with van der Waals surface area (Å²) in [5.74, 6) is -1.04. The van der Waals surface area contributed by atoms with E-state index < -0.39 is 5.97 Å². The van der Waals surface area contributed by atoms with E-state index in [-0.39, 0.29) is 5.92 Å². The molecule has 0 saturated carbocycles. The van der Waals surface area contributed by atoms with Gasteiger partial charge in [-0.2, -0.15) is 0 Å². The van der Waals surface area contributed by atoms with Crippen LogP contribution in [-0.2, 0) is 11.2 Å². The standard InChI is InChI=1S/C15H20O2/c1-2-8-14(15(16)17)12-7-6-11-13-9-4-3-5-10-13/h2-5,8-10,14H,6-7,11-12H2,1H3,(H,16,17)/b8-2+. The molecule has 1 aromatic carbocycles. The van der Waals surface area contributed by atoms with Crippen LogP contribution in [0.4, 0.5) is 0 Å². The quantitative estimate of drug-likeness (QED) is 0.575. The Kier molecular flexibility index (Phi) is 6.08. The molecule has 0 spiro atoms. The zero-order valence-electron chi connectivity index (χ0n) is 10.3. The molecule has 2 nitrogen and oxygen atoms in total. The highest BCUT2D eigenvalue weighted by molar-refractivity contribution is 5.71. The minimum absolute atomic E-state index is 0.323. The maximum atomic E-state index is 10.9. The van der Waals surface area contributed by atoms with Crippen LogP contribution >= 0.6 is 0 Å². The monoisotopic (exact) mass is 232 g/mol. The van der Waals surface area contributed by atoms with Gasteiger partial charge in [0.05, 0.1) is 5.92 Å². The Labute approximate surface area is 103 Å². The molecule has 1 rings (SSSR count). The number of benzene rings is 1. The molecule has 0 saturated heterocycles. The van der Waals surface area contributed by atoms with E-state index in [0.717, 1.165) is 25.7 Å². The van der Waals surface area contributed by atoms with Crippen molar-refractivity contribution in [3.8, 4) is 0 Å². The minimum atomic E-state index is -0.720. The van der Waals surface area contributed by atoms with Crippen molar-refractivity contribution in [3.63, 3.8) is 0 Å². The van der Waals surface area contributed by atoms with Gasteiger partial charge in [0, 0.05) is 0 Å². The predicted octanol–water partition coefficient (Wildman–Crippen LogP) is 3.68. The number of aliphatic carboxylic acids is 1. The molecule has 0 fully saturated rings. The smallest absolute Gasteiger partial charge is 0.310 e. The van der Waals surface area contributed by atoms with Gasteiger partial charge in [-0.25, -0.2) is 0 Å². The van der Waals surface area contributed by atoms with Gasteiger partial charge in [-0.1, -0.05) is 48.9 Å². The number of aryl methyl sites for hydroxylation is 1. The first-order valence-electron chi connectivity index (χ1n) is 6.13. The fourth-order valence-corrected chi connectivity index (χ4v) is 1.87. The zero-order valence-corrected chi connectivity index (χ0v) is 10.3. The highest BCUT2D eigenvalue weighted by atomic mass is 16.4. The zero-order chi connectivity index (χ0) is 12.5. The number of hydrogen-bond acceptors (Lipinski definition) is 1. The first kappa shape index (κ1) is 13.5. The second kappa shape index (κ2) is 7.66. The molecule has 2 heteroatoms. The Morgan fingerprint density at radius 3 is 2.59 bits per heavy atom. The molecule has 1 unspecified atom stereocenters. The van der Waals surface area contributed by atoms with Gasteiger partial charge >= 0.3 is 5.97 Å². The lowest BCUT2D eigenvalue weighted by atomic mass is 9.99. The lowest BCUT2D eigenvalue weighted by Gasteiger charge is -2.07. The molecular weight excluding hydrogens is 212 g/mol. The number of carbonyl (C=O) groups is 1. The highest BCUT2D eigenvalue weighted by Crippen LogP contribution is 2.13. The lowest BCUT2D eigenvalue weighted by Crippen LogP contribution is -2.10. The molecule has 0 aromatic heterocycles. The van der Waals surface area contributed by atoms with Crippen molar-refractivity contribution in [1.29, 1.82) is 0 Å². The van der Waals surface area contributed by atoms with Gasteiger partial charge in [-0.3, -0.25) is 4.79 Å².